The zero-order chi connectivity index (χ0) is 18.1. The van der Waals surface area contributed by atoms with E-state index >= 15 is 0 Å². The van der Waals surface area contributed by atoms with Crippen LogP contribution in [0.2, 0.25) is 0 Å². The minimum atomic E-state index is -0.0786. The van der Waals surface area contributed by atoms with Crippen molar-refractivity contribution in [1.29, 1.82) is 0 Å². The topological polar surface area (TPSA) is 84.4 Å². The van der Waals surface area contributed by atoms with Crippen LogP contribution in [0.15, 0.2) is 51.4 Å². The lowest BCUT2D eigenvalue weighted by Gasteiger charge is -2.16. The molecule has 1 aromatic carbocycles. The summed E-state index contributed by atoms with van der Waals surface area (Å²) in [5.74, 6) is 2.21. The Morgan fingerprint density at radius 2 is 2.00 bits per heavy atom. The maximum Gasteiger partial charge on any atom is 0.324 e. The lowest BCUT2D eigenvalue weighted by Crippen LogP contribution is -2.38. The second-order valence-corrected chi connectivity index (χ2v) is 6.53. The molecule has 0 spiro atoms. The molecule has 134 valence electrons. The second-order valence-electron chi connectivity index (χ2n) is 6.53. The summed E-state index contributed by atoms with van der Waals surface area (Å²) in [5, 5.41) is 7.09. The summed E-state index contributed by atoms with van der Waals surface area (Å²) < 4.78 is 11.3. The maximum absolute atomic E-state index is 11.6. The van der Waals surface area contributed by atoms with Gasteiger partial charge in [0.2, 0.25) is 11.7 Å². The van der Waals surface area contributed by atoms with Crippen LogP contribution in [0.25, 0.3) is 11.4 Å². The number of anilines is 1. The Labute approximate surface area is 151 Å². The first kappa shape index (κ1) is 16.4. The van der Waals surface area contributed by atoms with Crippen LogP contribution < -0.4 is 10.2 Å². The number of hydrogen-bond donors (Lipinski definition) is 1. The monoisotopic (exact) mass is 352 g/mol. The number of rotatable bonds is 4. The van der Waals surface area contributed by atoms with E-state index in [-0.39, 0.29) is 17.9 Å². The third kappa shape index (κ3) is 3.20. The largest absolute Gasteiger partial charge is 0.466 e. The minimum absolute atomic E-state index is 0.0275. The van der Waals surface area contributed by atoms with Gasteiger partial charge in [0.15, 0.2) is 0 Å². The molecule has 2 aromatic heterocycles. The molecule has 26 heavy (non-hydrogen) atoms. The fourth-order valence-corrected chi connectivity index (χ4v) is 3.36. The molecule has 0 radical (unpaired) electrons. The van der Waals surface area contributed by atoms with Crippen molar-refractivity contribution in [3.63, 3.8) is 0 Å². The van der Waals surface area contributed by atoms with E-state index in [0.717, 1.165) is 17.1 Å². The summed E-state index contributed by atoms with van der Waals surface area (Å²) in [5.41, 5.74) is 0.901. The highest BCUT2D eigenvalue weighted by atomic mass is 16.5. The van der Waals surface area contributed by atoms with Gasteiger partial charge in [0.25, 0.3) is 0 Å². The van der Waals surface area contributed by atoms with Gasteiger partial charge in [-0.2, -0.15) is 4.98 Å². The maximum atomic E-state index is 11.6. The van der Waals surface area contributed by atoms with Crippen molar-refractivity contribution in [2.24, 2.45) is 0 Å². The van der Waals surface area contributed by atoms with Crippen LogP contribution >= 0.6 is 0 Å². The van der Waals surface area contributed by atoms with Gasteiger partial charge in [0.05, 0.1) is 12.0 Å². The molecule has 3 aromatic rings. The van der Waals surface area contributed by atoms with E-state index in [2.05, 4.69) is 15.5 Å². The van der Waals surface area contributed by atoms with Crippen LogP contribution in [0.3, 0.4) is 0 Å². The van der Waals surface area contributed by atoms with E-state index < -0.39 is 0 Å². The van der Waals surface area contributed by atoms with Crippen LogP contribution in [-0.4, -0.2) is 35.2 Å². The van der Waals surface area contributed by atoms with E-state index in [9.17, 15) is 4.79 Å². The summed E-state index contributed by atoms with van der Waals surface area (Å²) >= 11 is 0. The molecule has 0 saturated carbocycles. The Hall–Kier alpha value is -3.09. The molecular weight excluding hydrogens is 332 g/mol. The molecule has 7 nitrogen and oxygen atoms in total. The van der Waals surface area contributed by atoms with Gasteiger partial charge in [-0.1, -0.05) is 35.5 Å². The van der Waals surface area contributed by atoms with Crippen LogP contribution in [0.5, 0.6) is 0 Å². The van der Waals surface area contributed by atoms with Crippen molar-refractivity contribution in [3.8, 4) is 11.4 Å². The molecule has 0 aliphatic carbocycles. The SMILES string of the molecule is CC(=O)N[C@@H]1CN(c2nc(-c3ccccc3)no2)C[C@H]1c1ccc(C)o1. The van der Waals surface area contributed by atoms with Crippen molar-refractivity contribution >= 4 is 11.9 Å². The number of nitrogens with one attached hydrogen (secondary N) is 1. The summed E-state index contributed by atoms with van der Waals surface area (Å²) in [6, 6.07) is 14.0. The van der Waals surface area contributed by atoms with E-state index in [1.54, 1.807) is 0 Å². The molecule has 1 aliphatic rings. The number of carbonyl (C=O) groups excluding carboxylic acids is 1. The smallest absolute Gasteiger partial charge is 0.324 e. The molecule has 0 unspecified atom stereocenters. The van der Waals surface area contributed by atoms with Crippen molar-refractivity contribution in [2.75, 3.05) is 18.0 Å². The van der Waals surface area contributed by atoms with Crippen molar-refractivity contribution in [3.05, 3.63) is 54.0 Å². The normalized spacial score (nSPS) is 19.7. The molecule has 3 heterocycles. The molecule has 1 fully saturated rings. The van der Waals surface area contributed by atoms with E-state index in [0.29, 0.717) is 24.9 Å². The number of furan rings is 1. The first-order chi connectivity index (χ1) is 12.6. The predicted molar refractivity (Wildman–Crippen MR) is 95.7 cm³/mol. The predicted octanol–water partition coefficient (Wildman–Crippen LogP) is 2.75. The molecule has 4 rings (SSSR count). The molecule has 1 N–H and O–H groups in total. The fraction of sp³-hybridized carbons (Fsp3) is 0.316. The Bertz CT molecular complexity index is 902. The van der Waals surface area contributed by atoms with E-state index in [1.165, 1.54) is 6.92 Å². The third-order valence-corrected chi connectivity index (χ3v) is 4.55. The third-order valence-electron chi connectivity index (χ3n) is 4.55. The first-order valence-electron chi connectivity index (χ1n) is 8.57. The van der Waals surface area contributed by atoms with Gasteiger partial charge in [0.1, 0.15) is 11.5 Å². The highest BCUT2D eigenvalue weighted by Gasteiger charge is 2.38. The Balaban J connectivity index is 1.58. The Morgan fingerprint density at radius 3 is 2.69 bits per heavy atom. The number of benzene rings is 1. The Morgan fingerprint density at radius 1 is 1.19 bits per heavy atom. The standard InChI is InChI=1S/C19H20N4O3/c1-12-8-9-17(25-12)15-10-23(11-16(15)20-13(2)24)19-21-18(22-26-19)14-6-4-3-5-7-14/h3-9,15-16H,10-11H2,1-2H3,(H,20,24)/t15-,16-/m1/s1. The number of amides is 1. The summed E-state index contributed by atoms with van der Waals surface area (Å²) in [4.78, 5) is 18.1. The van der Waals surface area contributed by atoms with Crippen LogP contribution in [-0.2, 0) is 4.79 Å². The molecule has 1 saturated heterocycles. The van der Waals surface area contributed by atoms with Crippen molar-refractivity contribution in [2.45, 2.75) is 25.8 Å². The number of hydrogen-bond acceptors (Lipinski definition) is 6. The van der Waals surface area contributed by atoms with Gasteiger partial charge in [-0.15, -0.1) is 0 Å². The summed E-state index contributed by atoms with van der Waals surface area (Å²) in [6.45, 7) is 4.65. The minimum Gasteiger partial charge on any atom is -0.466 e. The van der Waals surface area contributed by atoms with Gasteiger partial charge in [0, 0.05) is 25.6 Å². The molecule has 1 amide bonds. The van der Waals surface area contributed by atoms with Gasteiger partial charge >= 0.3 is 6.01 Å². The molecule has 1 aliphatic heterocycles. The molecular formula is C19H20N4O3. The van der Waals surface area contributed by atoms with E-state index in [1.807, 2.05) is 54.3 Å². The average Bonchev–Trinajstić information content (AvgIpc) is 3.34. The van der Waals surface area contributed by atoms with Gasteiger partial charge in [-0.3, -0.25) is 4.79 Å². The lowest BCUT2D eigenvalue weighted by molar-refractivity contribution is -0.119. The number of aryl methyl sites for hydroxylation is 1. The number of aromatic nitrogens is 2. The molecule has 2 atom stereocenters. The highest BCUT2D eigenvalue weighted by molar-refractivity contribution is 5.73. The van der Waals surface area contributed by atoms with Crippen LogP contribution in [0.1, 0.15) is 24.4 Å². The van der Waals surface area contributed by atoms with Crippen molar-refractivity contribution < 1.29 is 13.7 Å². The summed E-state index contributed by atoms with van der Waals surface area (Å²) in [7, 11) is 0. The highest BCUT2D eigenvalue weighted by Crippen LogP contribution is 2.32. The van der Waals surface area contributed by atoms with Crippen LogP contribution in [0, 0.1) is 6.92 Å². The zero-order valence-corrected chi connectivity index (χ0v) is 14.7. The van der Waals surface area contributed by atoms with Gasteiger partial charge < -0.3 is 19.2 Å². The number of nitrogens with zero attached hydrogens (tertiary/aromatic N) is 3. The zero-order valence-electron chi connectivity index (χ0n) is 14.7. The van der Waals surface area contributed by atoms with E-state index in [4.69, 9.17) is 8.94 Å². The summed E-state index contributed by atoms with van der Waals surface area (Å²) in [6.07, 6.45) is 0. The van der Waals surface area contributed by atoms with Crippen molar-refractivity contribution in [1.82, 2.24) is 15.5 Å². The second kappa shape index (κ2) is 6.67. The lowest BCUT2D eigenvalue weighted by atomic mass is 10.0. The van der Waals surface area contributed by atoms with Gasteiger partial charge in [-0.25, -0.2) is 0 Å². The van der Waals surface area contributed by atoms with Gasteiger partial charge in [-0.05, 0) is 19.1 Å². The molecule has 0 bridgehead atoms. The number of carbonyl (C=O) groups is 1. The fourth-order valence-electron chi connectivity index (χ4n) is 3.36. The van der Waals surface area contributed by atoms with Crippen LogP contribution in [0.4, 0.5) is 6.01 Å². The molecule has 7 heteroatoms. The average molecular weight is 352 g/mol. The quantitative estimate of drug-likeness (QED) is 0.777. The first-order valence-corrected chi connectivity index (χ1v) is 8.57. The Kier molecular flexibility index (Phi) is 4.20.